The first-order chi connectivity index (χ1) is 13.6. The van der Waals surface area contributed by atoms with Crippen molar-refractivity contribution in [2.45, 2.75) is 0 Å². The van der Waals surface area contributed by atoms with Crippen molar-refractivity contribution in [2.24, 2.45) is 0 Å². The number of pyridine rings is 1. The molecule has 1 N–H and O–H groups in total. The number of nitrogens with zero attached hydrogens (tertiary/aromatic N) is 2. The topological polar surface area (TPSA) is 67.8 Å². The van der Waals surface area contributed by atoms with E-state index < -0.39 is 5.69 Å². The Morgan fingerprint density at radius 3 is 2.71 bits per heavy atom. The van der Waals surface area contributed by atoms with Crippen LogP contribution in [0.5, 0.6) is 0 Å². The minimum Gasteiger partial charge on any atom is -0.306 e. The summed E-state index contributed by atoms with van der Waals surface area (Å²) in [6.45, 7) is 0. The molecule has 0 aliphatic rings. The Morgan fingerprint density at radius 1 is 1.00 bits per heavy atom. The highest BCUT2D eigenvalue weighted by atomic mass is 35.5. The van der Waals surface area contributed by atoms with Gasteiger partial charge in [-0.15, -0.1) is 11.3 Å². The van der Waals surface area contributed by atoms with Gasteiger partial charge in [0.2, 0.25) is 0 Å². The van der Waals surface area contributed by atoms with Gasteiger partial charge in [-0.25, -0.2) is 9.36 Å². The zero-order valence-corrected chi connectivity index (χ0v) is 15.9. The highest BCUT2D eigenvalue weighted by molar-refractivity contribution is 7.22. The van der Waals surface area contributed by atoms with Crippen LogP contribution in [0.1, 0.15) is 0 Å². The fourth-order valence-corrected chi connectivity index (χ4v) is 4.68. The number of H-pyrrole nitrogens is 1. The predicted molar refractivity (Wildman–Crippen MR) is 114 cm³/mol. The second kappa shape index (κ2) is 6.44. The number of aromatic nitrogens is 3. The van der Waals surface area contributed by atoms with E-state index in [1.165, 1.54) is 15.9 Å². The predicted octanol–water partition coefficient (Wildman–Crippen LogP) is 4.61. The summed E-state index contributed by atoms with van der Waals surface area (Å²) in [6.07, 6.45) is 1.68. The van der Waals surface area contributed by atoms with Gasteiger partial charge in [0.15, 0.2) is 0 Å². The molecule has 28 heavy (non-hydrogen) atoms. The Balaban J connectivity index is 1.81. The van der Waals surface area contributed by atoms with Gasteiger partial charge in [-0.05, 0) is 36.4 Å². The third-order valence-corrected chi connectivity index (χ3v) is 6.06. The van der Waals surface area contributed by atoms with E-state index in [9.17, 15) is 9.59 Å². The van der Waals surface area contributed by atoms with Crippen LogP contribution in [-0.2, 0) is 0 Å². The molecule has 5 aromatic rings. The van der Waals surface area contributed by atoms with Crippen LogP contribution in [0.3, 0.4) is 0 Å². The lowest BCUT2D eigenvalue weighted by Gasteiger charge is -2.07. The molecule has 0 unspecified atom stereocenters. The zero-order chi connectivity index (χ0) is 19.3. The van der Waals surface area contributed by atoms with Crippen LogP contribution in [0.4, 0.5) is 0 Å². The molecule has 3 heterocycles. The van der Waals surface area contributed by atoms with Crippen molar-refractivity contribution in [1.82, 2.24) is 14.5 Å². The molecule has 0 spiro atoms. The number of halogens is 1. The number of aromatic amines is 1. The average molecular weight is 406 g/mol. The van der Waals surface area contributed by atoms with Gasteiger partial charge in [0.25, 0.3) is 5.56 Å². The molecule has 7 heteroatoms. The molecule has 0 atom stereocenters. The van der Waals surface area contributed by atoms with Crippen LogP contribution in [0.15, 0.2) is 76.4 Å². The van der Waals surface area contributed by atoms with Crippen LogP contribution < -0.4 is 11.2 Å². The summed E-state index contributed by atoms with van der Waals surface area (Å²) in [5, 5.41) is 1.33. The summed E-state index contributed by atoms with van der Waals surface area (Å²) in [7, 11) is 0. The number of thiophene rings is 1. The molecule has 0 aliphatic carbocycles. The minimum absolute atomic E-state index is 0.363. The van der Waals surface area contributed by atoms with Gasteiger partial charge in [-0.1, -0.05) is 35.9 Å². The van der Waals surface area contributed by atoms with Crippen molar-refractivity contribution in [3.05, 3.63) is 92.7 Å². The smallest absolute Gasteiger partial charge is 0.306 e. The summed E-state index contributed by atoms with van der Waals surface area (Å²) >= 11 is 7.60. The second-order valence-electron chi connectivity index (χ2n) is 6.25. The molecule has 0 radical (unpaired) electrons. The minimum atomic E-state index is -0.489. The summed E-state index contributed by atoms with van der Waals surface area (Å²) < 4.78 is 1.63. The maximum absolute atomic E-state index is 13.2. The van der Waals surface area contributed by atoms with Crippen LogP contribution in [0.2, 0.25) is 5.02 Å². The van der Waals surface area contributed by atoms with E-state index in [1.807, 2.05) is 30.3 Å². The van der Waals surface area contributed by atoms with E-state index in [2.05, 4.69) is 9.97 Å². The zero-order valence-electron chi connectivity index (χ0n) is 14.3. The molecular formula is C21H12ClN3O2S. The monoisotopic (exact) mass is 405 g/mol. The molecule has 5 nitrogen and oxygen atoms in total. The van der Waals surface area contributed by atoms with Gasteiger partial charge in [0, 0.05) is 27.0 Å². The molecular weight excluding hydrogens is 394 g/mol. The van der Waals surface area contributed by atoms with Crippen molar-refractivity contribution >= 4 is 44.1 Å². The van der Waals surface area contributed by atoms with E-state index in [0.717, 1.165) is 15.8 Å². The lowest BCUT2D eigenvalue weighted by molar-refractivity contribution is 0.911. The highest BCUT2D eigenvalue weighted by Gasteiger charge is 2.16. The van der Waals surface area contributed by atoms with Crippen molar-refractivity contribution in [1.29, 1.82) is 0 Å². The maximum atomic E-state index is 13.2. The number of nitrogens with one attached hydrogen (secondary N) is 1. The molecule has 3 aromatic heterocycles. The first-order valence-electron chi connectivity index (χ1n) is 8.51. The van der Waals surface area contributed by atoms with Crippen molar-refractivity contribution in [2.75, 3.05) is 0 Å². The van der Waals surface area contributed by atoms with Crippen LogP contribution >= 0.6 is 22.9 Å². The van der Waals surface area contributed by atoms with Gasteiger partial charge in [0.05, 0.1) is 16.7 Å². The summed E-state index contributed by atoms with van der Waals surface area (Å²) in [4.78, 5) is 34.0. The number of hydrogen-bond acceptors (Lipinski definition) is 4. The number of rotatable bonds is 2. The fourth-order valence-electron chi connectivity index (χ4n) is 3.30. The quantitative estimate of drug-likeness (QED) is 0.466. The first-order valence-corrected chi connectivity index (χ1v) is 9.71. The standard InChI is InChI=1S/C21H12ClN3O2S/c22-14-7-2-1-5-12(14)18-11-16-19(28-18)20(26)25(21(27)24-16)17-9-3-8-15-13(17)6-4-10-23-15/h1-11H,(H,24,27). The molecule has 0 aliphatic heterocycles. The summed E-state index contributed by atoms with van der Waals surface area (Å²) in [5.74, 6) is 0. The van der Waals surface area contributed by atoms with Crippen molar-refractivity contribution < 1.29 is 0 Å². The lowest BCUT2D eigenvalue weighted by Crippen LogP contribution is -2.33. The van der Waals surface area contributed by atoms with Gasteiger partial charge in [-0.2, -0.15) is 0 Å². The Morgan fingerprint density at radius 2 is 1.86 bits per heavy atom. The van der Waals surface area contributed by atoms with Gasteiger partial charge in [-0.3, -0.25) is 9.78 Å². The van der Waals surface area contributed by atoms with E-state index in [4.69, 9.17) is 11.6 Å². The Labute approximate surface area is 167 Å². The lowest BCUT2D eigenvalue weighted by atomic mass is 10.2. The summed E-state index contributed by atoms with van der Waals surface area (Å²) in [6, 6.07) is 18.2. The molecule has 0 saturated heterocycles. The number of hydrogen-bond donors (Lipinski definition) is 1. The van der Waals surface area contributed by atoms with Crippen LogP contribution in [0, 0.1) is 0 Å². The average Bonchev–Trinajstić information content (AvgIpc) is 3.12. The second-order valence-corrected chi connectivity index (χ2v) is 7.71. The molecule has 0 fully saturated rings. The third-order valence-electron chi connectivity index (χ3n) is 4.58. The molecule has 0 saturated carbocycles. The van der Waals surface area contributed by atoms with Crippen LogP contribution in [-0.4, -0.2) is 14.5 Å². The Bertz CT molecular complexity index is 1480. The molecule has 0 amide bonds. The summed E-state index contributed by atoms with van der Waals surface area (Å²) in [5.41, 5.74) is 1.70. The largest absolute Gasteiger partial charge is 0.333 e. The molecule has 2 aromatic carbocycles. The molecule has 5 rings (SSSR count). The van der Waals surface area contributed by atoms with E-state index >= 15 is 0 Å². The normalized spacial score (nSPS) is 11.3. The highest BCUT2D eigenvalue weighted by Crippen LogP contribution is 2.35. The van der Waals surface area contributed by atoms with Crippen LogP contribution in [0.25, 0.3) is 37.2 Å². The first kappa shape index (κ1) is 16.9. The van der Waals surface area contributed by atoms with E-state index in [-0.39, 0.29) is 5.56 Å². The van der Waals surface area contributed by atoms with E-state index in [0.29, 0.717) is 26.4 Å². The fraction of sp³-hybridized carbons (Fsp3) is 0. The number of fused-ring (bicyclic) bond motifs is 2. The maximum Gasteiger partial charge on any atom is 0.333 e. The third kappa shape index (κ3) is 2.58. The number of benzene rings is 2. The molecule has 0 bridgehead atoms. The SMILES string of the molecule is O=c1[nH]c2cc(-c3ccccc3Cl)sc2c(=O)n1-c1cccc2ncccc12. The van der Waals surface area contributed by atoms with Crippen molar-refractivity contribution in [3.8, 4) is 16.1 Å². The van der Waals surface area contributed by atoms with Gasteiger partial charge in [0.1, 0.15) is 4.70 Å². The van der Waals surface area contributed by atoms with Crippen molar-refractivity contribution in [3.63, 3.8) is 0 Å². The van der Waals surface area contributed by atoms with Gasteiger partial charge >= 0.3 is 5.69 Å². The Hall–Kier alpha value is -3.22. The van der Waals surface area contributed by atoms with E-state index in [1.54, 1.807) is 36.5 Å². The molecule has 136 valence electrons. The van der Waals surface area contributed by atoms with Gasteiger partial charge < -0.3 is 4.98 Å². The Kier molecular flexibility index (Phi) is 3.89.